The zero-order valence-corrected chi connectivity index (χ0v) is 76.6. The van der Waals surface area contributed by atoms with Crippen LogP contribution < -0.4 is 27.0 Å². The van der Waals surface area contributed by atoms with Crippen LogP contribution in [-0.2, 0) is 87.6 Å². The quantitative estimate of drug-likeness (QED) is 0.0232. The monoisotopic (exact) mass is 1750 g/mol. The van der Waals surface area contributed by atoms with Crippen LogP contribution in [0.4, 0.5) is 9.59 Å². The number of Topliss-reactive ketones (excluding diaryl/α,β-unsaturated/α-hetero) is 3. The molecular weight excluding hydrogens is 1600 g/mol. The van der Waals surface area contributed by atoms with Crippen LogP contribution >= 0.6 is 11.3 Å². The number of likely N-dealkylation sites (N-methyl/N-ethyl adjacent to an activating group) is 3. The summed E-state index contributed by atoms with van der Waals surface area (Å²) in [6.45, 7) is 24.7. The highest BCUT2D eigenvalue weighted by atomic mass is 32.1. The van der Waals surface area contributed by atoms with Crippen LogP contribution in [0.15, 0.2) is 66.2 Å². The first kappa shape index (κ1) is 105. The summed E-state index contributed by atoms with van der Waals surface area (Å²) in [5.74, 6) is -6.03. The number of primary amides is 1. The minimum Gasteiger partial charge on any atom is -0.431 e. The summed E-state index contributed by atoms with van der Waals surface area (Å²) in [7, 11) is 9.51. The molecule has 3 aliphatic rings. The van der Waals surface area contributed by atoms with Crippen LogP contribution in [0.25, 0.3) is 0 Å². The van der Waals surface area contributed by atoms with Crippen LogP contribution in [0.5, 0.6) is 0 Å². The molecule has 2 unspecified atom stereocenters. The lowest BCUT2D eigenvalue weighted by molar-refractivity contribution is -0.148. The Morgan fingerprint density at radius 3 is 1.89 bits per heavy atom. The van der Waals surface area contributed by atoms with E-state index in [9.17, 15) is 67.4 Å². The molecule has 1 aromatic heterocycles. The van der Waals surface area contributed by atoms with E-state index in [1.54, 1.807) is 42.3 Å². The molecule has 4 heterocycles. The molecule has 0 radical (unpaired) electrons. The van der Waals surface area contributed by atoms with Crippen molar-refractivity contribution in [2.24, 2.45) is 53.1 Å². The number of urea groups is 1. The number of aliphatic hydroxyl groups excluding tert-OH is 1. The highest BCUT2D eigenvalue weighted by Gasteiger charge is 2.45. The highest BCUT2D eigenvalue weighted by molar-refractivity contribution is 7.09. The Hall–Kier alpha value is -8.70. The van der Waals surface area contributed by atoms with Gasteiger partial charge in [-0.15, -0.1) is 11.3 Å². The number of likely N-dealkylation sites (tertiary alicyclic amines) is 2. The zero-order valence-electron chi connectivity index (χ0n) is 76.8. The molecule has 2 aromatic carbocycles. The van der Waals surface area contributed by atoms with E-state index in [4.69, 9.17) is 35.5 Å². The third-order valence-electron chi connectivity index (χ3n) is 23.3. The minimum absolute atomic E-state index is 0.0238. The second kappa shape index (κ2) is 56.3. The number of piperazine rings is 1. The van der Waals surface area contributed by atoms with Crippen LogP contribution in [0.2, 0.25) is 0 Å². The average Bonchev–Trinajstić information content (AvgIpc) is 1.09. The first-order chi connectivity index (χ1) is 59.2. The third kappa shape index (κ3) is 35.3. The summed E-state index contributed by atoms with van der Waals surface area (Å²) in [6.07, 6.45) is 3.16. The number of nitrogens with zero attached hydrogens (tertiary/aromatic N) is 7. The fourth-order valence-corrected chi connectivity index (χ4v) is 16.6. The van der Waals surface area contributed by atoms with Crippen LogP contribution in [0.1, 0.15) is 188 Å². The normalized spacial score (nSPS) is 17.0. The Labute approximate surface area is 734 Å². The Balaban J connectivity index is 0.000000559. The maximum absolute atomic E-state index is 14.9. The summed E-state index contributed by atoms with van der Waals surface area (Å²) >= 11 is 1.53. The van der Waals surface area contributed by atoms with Crippen molar-refractivity contribution < 1.29 is 97.2 Å². The molecule has 33 heteroatoms. The van der Waals surface area contributed by atoms with Crippen molar-refractivity contribution in [3.63, 3.8) is 0 Å². The van der Waals surface area contributed by atoms with E-state index in [-0.39, 0.29) is 178 Å². The number of carbonyl (C=O) groups excluding carboxylic acids is 13. The number of aryl methyl sites for hydroxylation is 1. The molecule has 3 saturated heterocycles. The maximum atomic E-state index is 14.9. The van der Waals surface area contributed by atoms with Gasteiger partial charge in [-0.1, -0.05) is 136 Å². The Kier molecular flexibility index (Phi) is 48.0. The second-order valence-electron chi connectivity index (χ2n) is 33.2. The number of ketones is 3. The third-order valence-corrected chi connectivity index (χ3v) is 24.2. The fraction of sp³-hybridized carbons (Fsp3) is 0.689. The number of benzene rings is 2. The number of nitrogens with two attached hydrogens (primary N) is 1. The van der Waals surface area contributed by atoms with Crippen molar-refractivity contribution >= 4 is 88.1 Å². The first-order valence-electron chi connectivity index (χ1n) is 44.3. The summed E-state index contributed by atoms with van der Waals surface area (Å²) < 4.78 is 39.6. The number of hydrogen-bond donors (Lipinski definition) is 6. The number of thiazole rings is 1. The van der Waals surface area contributed by atoms with E-state index < -0.39 is 66.1 Å². The van der Waals surface area contributed by atoms with Crippen molar-refractivity contribution in [1.82, 2.24) is 55.7 Å². The second-order valence-corrected chi connectivity index (χ2v) is 34.2. The van der Waals surface area contributed by atoms with Gasteiger partial charge in [-0.05, 0) is 75.3 Å². The highest BCUT2D eigenvalue weighted by Crippen LogP contribution is 2.36. The van der Waals surface area contributed by atoms with Gasteiger partial charge >= 0.3 is 12.1 Å². The van der Waals surface area contributed by atoms with Gasteiger partial charge < -0.3 is 85.0 Å². The number of carbonyl (C=O) groups is 13. The number of nitrogens with one attached hydrogen (secondary N) is 4. The van der Waals surface area contributed by atoms with Gasteiger partial charge in [-0.2, -0.15) is 0 Å². The summed E-state index contributed by atoms with van der Waals surface area (Å²) in [5.41, 5.74) is 7.70. The zero-order chi connectivity index (χ0) is 92.1. The molecule has 12 atom stereocenters. The van der Waals surface area contributed by atoms with Gasteiger partial charge in [0.05, 0.1) is 88.5 Å². The summed E-state index contributed by atoms with van der Waals surface area (Å²) in [6, 6.07) is 14.1. The Morgan fingerprint density at radius 2 is 1.33 bits per heavy atom. The molecule has 6 rings (SSSR count). The van der Waals surface area contributed by atoms with Crippen LogP contribution in [-0.4, -0.2) is 294 Å². The number of aromatic nitrogens is 1. The average molecular weight is 1750 g/mol. The van der Waals surface area contributed by atoms with Crippen molar-refractivity contribution in [2.75, 3.05) is 147 Å². The largest absolute Gasteiger partial charge is 0.431 e. The lowest BCUT2D eigenvalue weighted by atomic mass is 9.80. The van der Waals surface area contributed by atoms with Crippen molar-refractivity contribution in [2.45, 2.75) is 209 Å². The molecular formula is C90H144N12O20S. The lowest BCUT2D eigenvalue weighted by Gasteiger charge is -2.41. The van der Waals surface area contributed by atoms with E-state index in [1.165, 1.54) is 37.7 Å². The number of aliphatic hydroxyl groups is 1. The summed E-state index contributed by atoms with van der Waals surface area (Å²) in [4.78, 5) is 184. The molecule has 0 spiro atoms. The molecule has 0 saturated carbocycles. The van der Waals surface area contributed by atoms with Crippen molar-refractivity contribution in [3.05, 3.63) is 87.9 Å². The number of rotatable bonds is 54. The fourth-order valence-electron chi connectivity index (χ4n) is 15.9. The van der Waals surface area contributed by atoms with Gasteiger partial charge in [0.15, 0.2) is 11.6 Å². The lowest BCUT2D eigenvalue weighted by Crippen LogP contribution is -2.54. The predicted octanol–water partition coefficient (Wildman–Crippen LogP) is 7.74. The number of methoxy groups -OCH3 is 1. The SMILES string of the molecule is CC[C@H](C)[C@@H]([C@@H](CC(=O)N1CCC[C@H]1[C@H](CO)[C@@H](C)C(=O)CC(Cc1ccccc1)c1nccs1)OC)N(C)C(=O)[C@@H](CC(=O)[C@H](C(C)C)N(C)C(=O)OC(C(=O)N1CCN(C)CC1)c1ccc(C)cc1)C(C)C.CNC(=O)[C@H](CCCNC(N)=O)CC(=O)[C@@H](NC(=O)CCOCCOCCOCCOCCNC(=O)CCN1C(=O)CCC1=O)C(C)C.[3H]C. The maximum Gasteiger partial charge on any atom is 0.411 e. The van der Waals surface area contributed by atoms with Gasteiger partial charge in [-0.3, -0.25) is 57.6 Å². The Bertz CT molecular complexity index is 3750. The van der Waals surface area contributed by atoms with Gasteiger partial charge in [0.1, 0.15) is 5.78 Å². The standard InChI is InChI=1S/C58H86N6O9S.C31H54N6O11.CH4/c1-13-40(7)53(50(72-12)35-51(68)64-26-17-20-47(64)46(36-65)41(8)48(66)33-44(55-59-25-31-74-55)32-42-18-15-14-16-19-42)61(10)56(69)45(37(2)3)34-49(67)52(38(4)5)62(11)58(71)73-54(43-23-21-39(6)22-24-43)57(70)63-29-27-60(9)28-30-63;1-22(2)29(24(38)21-23(30(43)33-3)5-4-10-35-31(32)44)36-26(40)9-13-45-15-17-47-19-20-48-18-16-46-14-11-34-25(39)8-12-37-27(41)6-7-28(37)42;/h14-16,18-19,21-25,31,37-38,40-41,44-47,50,52-54,65H,13,17,20,26-30,32-36H2,1-12H3;22-23,29H,4-21H2,1-3H3,(H,33,43)(H,34,39)(H,36,40)(H3,32,35,44);1H4/t40-,41+,44?,45-,46+,47-,50+,52-,53-,54?;23-,29+;/m01./s1/i;;1T. The van der Waals surface area contributed by atoms with E-state index in [1.807, 2.05) is 117 Å². The van der Waals surface area contributed by atoms with Gasteiger partial charge in [-0.25, -0.2) is 14.6 Å². The van der Waals surface area contributed by atoms with E-state index in [0.29, 0.717) is 123 Å². The van der Waals surface area contributed by atoms with Gasteiger partial charge in [0.25, 0.3) is 5.91 Å². The number of hydrogen-bond acceptors (Lipinski definition) is 23. The topological polar surface area (TPSA) is 404 Å². The van der Waals surface area contributed by atoms with Crippen molar-refractivity contribution in [3.8, 4) is 0 Å². The Morgan fingerprint density at radius 1 is 0.715 bits per heavy atom. The van der Waals surface area contributed by atoms with E-state index >= 15 is 0 Å². The number of ether oxygens (including phenoxy) is 6. The molecule has 0 aliphatic carbocycles. The molecule has 123 heavy (non-hydrogen) atoms. The van der Waals surface area contributed by atoms with Gasteiger partial charge in [0.2, 0.25) is 47.5 Å². The molecule has 0 bridgehead atoms. The number of imide groups is 1. The van der Waals surface area contributed by atoms with E-state index in [2.05, 4.69) is 43.3 Å². The predicted molar refractivity (Wildman–Crippen MR) is 468 cm³/mol. The molecule has 3 aromatic rings. The smallest absolute Gasteiger partial charge is 0.411 e. The molecule has 11 amide bonds. The van der Waals surface area contributed by atoms with Crippen LogP contribution in [0.3, 0.4) is 0 Å². The van der Waals surface area contributed by atoms with Crippen molar-refractivity contribution in [1.29, 1.82) is 0 Å². The van der Waals surface area contributed by atoms with Crippen LogP contribution in [0, 0.1) is 54.3 Å². The minimum atomic E-state index is -1.21. The molecule has 3 fully saturated rings. The molecule has 7 N–H and O–H groups in total. The molecule has 32 nitrogen and oxygen atoms in total. The number of amides is 11. The van der Waals surface area contributed by atoms with Gasteiger partial charge in [0, 0.05) is 186 Å². The summed E-state index contributed by atoms with van der Waals surface area (Å²) in [5, 5.41) is 24.2. The first-order valence-corrected chi connectivity index (χ1v) is 44.2. The molecule has 3 aliphatic heterocycles. The van der Waals surface area contributed by atoms with E-state index in [0.717, 1.165) is 27.5 Å². The molecule has 690 valence electrons.